The summed E-state index contributed by atoms with van der Waals surface area (Å²) in [5.74, 6) is 0.366. The Hall–Kier alpha value is -1.37. The monoisotopic (exact) mass is 343 g/mol. The molecule has 5 nitrogen and oxygen atoms in total. The van der Waals surface area contributed by atoms with E-state index in [2.05, 4.69) is 10.3 Å². The summed E-state index contributed by atoms with van der Waals surface area (Å²) in [6, 6.07) is 4.69. The van der Waals surface area contributed by atoms with Crippen molar-refractivity contribution in [2.75, 3.05) is 40.0 Å². The maximum Gasteiger partial charge on any atom is 0.194 e. The minimum atomic E-state index is -0.316. The lowest BCUT2D eigenvalue weighted by Gasteiger charge is -2.25. The minimum Gasteiger partial charge on any atom is -0.376 e. The molecule has 0 saturated carbocycles. The standard InChI is InChI=1S/C16H23ClFN3O2/c1-3-19-16(20-9-12-11-22-7-8-23-12)21(2)10-13-14(17)5-4-6-15(13)18/h4-6,12H,3,7-11H2,1-2H3,(H,19,20). The van der Waals surface area contributed by atoms with Crippen molar-refractivity contribution >= 4 is 17.6 Å². The molecule has 1 aliphatic rings. The Bertz CT molecular complexity index is 516. The number of rotatable bonds is 5. The van der Waals surface area contributed by atoms with E-state index in [1.807, 2.05) is 18.9 Å². The summed E-state index contributed by atoms with van der Waals surface area (Å²) >= 11 is 6.09. The summed E-state index contributed by atoms with van der Waals surface area (Å²) in [6.07, 6.45) is -0.0390. The molecule has 0 bridgehead atoms. The molecule has 1 heterocycles. The largest absolute Gasteiger partial charge is 0.376 e. The van der Waals surface area contributed by atoms with Crippen LogP contribution in [-0.2, 0) is 16.0 Å². The number of hydrogen-bond donors (Lipinski definition) is 1. The molecule has 0 aliphatic carbocycles. The third-order valence-electron chi connectivity index (χ3n) is 3.48. The summed E-state index contributed by atoms with van der Waals surface area (Å²) in [5, 5.41) is 3.61. The van der Waals surface area contributed by atoms with Crippen molar-refractivity contribution in [3.63, 3.8) is 0 Å². The zero-order valence-electron chi connectivity index (χ0n) is 13.5. The predicted molar refractivity (Wildman–Crippen MR) is 89.4 cm³/mol. The number of ether oxygens (including phenoxy) is 2. The van der Waals surface area contributed by atoms with E-state index in [1.165, 1.54) is 6.07 Å². The molecular formula is C16H23ClFN3O2. The van der Waals surface area contributed by atoms with Crippen molar-refractivity contribution in [1.82, 2.24) is 10.2 Å². The minimum absolute atomic E-state index is 0.0390. The summed E-state index contributed by atoms with van der Waals surface area (Å²) in [7, 11) is 1.85. The van der Waals surface area contributed by atoms with Gasteiger partial charge < -0.3 is 19.7 Å². The lowest BCUT2D eigenvalue weighted by Crippen LogP contribution is -2.40. The van der Waals surface area contributed by atoms with Gasteiger partial charge in [-0.15, -0.1) is 0 Å². The van der Waals surface area contributed by atoms with Crippen LogP contribution in [0.3, 0.4) is 0 Å². The van der Waals surface area contributed by atoms with E-state index in [-0.39, 0.29) is 11.9 Å². The van der Waals surface area contributed by atoms with E-state index < -0.39 is 0 Å². The Morgan fingerprint density at radius 1 is 1.48 bits per heavy atom. The van der Waals surface area contributed by atoms with Crippen LogP contribution in [0.1, 0.15) is 12.5 Å². The van der Waals surface area contributed by atoms with Gasteiger partial charge in [0, 0.05) is 30.7 Å². The molecule has 1 saturated heterocycles. The Labute approximate surface area is 141 Å². The summed E-state index contributed by atoms with van der Waals surface area (Å²) in [6.45, 7) is 5.31. The van der Waals surface area contributed by atoms with Crippen molar-refractivity contribution in [2.24, 2.45) is 4.99 Å². The molecule has 1 fully saturated rings. The van der Waals surface area contributed by atoms with Crippen LogP contribution in [0.25, 0.3) is 0 Å². The number of benzene rings is 1. The van der Waals surface area contributed by atoms with Gasteiger partial charge in [0.2, 0.25) is 0 Å². The van der Waals surface area contributed by atoms with Gasteiger partial charge in [-0.05, 0) is 19.1 Å². The Kier molecular flexibility index (Phi) is 7.08. The second kappa shape index (κ2) is 9.05. The van der Waals surface area contributed by atoms with Gasteiger partial charge in [-0.1, -0.05) is 17.7 Å². The zero-order chi connectivity index (χ0) is 16.7. The van der Waals surface area contributed by atoms with E-state index in [0.717, 1.165) is 6.54 Å². The number of guanidine groups is 1. The van der Waals surface area contributed by atoms with Crippen molar-refractivity contribution in [3.05, 3.63) is 34.6 Å². The lowest BCUT2D eigenvalue weighted by atomic mass is 10.2. The molecular weight excluding hydrogens is 321 g/mol. The van der Waals surface area contributed by atoms with Gasteiger partial charge >= 0.3 is 0 Å². The van der Waals surface area contributed by atoms with Gasteiger partial charge in [0.05, 0.1) is 26.4 Å². The molecule has 1 atom stereocenters. The molecule has 1 N–H and O–H groups in total. The second-order valence-electron chi connectivity index (χ2n) is 5.32. The summed E-state index contributed by atoms with van der Waals surface area (Å²) < 4.78 is 24.9. The number of hydrogen-bond acceptors (Lipinski definition) is 3. The SMILES string of the molecule is CCNC(=NCC1COCCO1)N(C)Cc1c(F)cccc1Cl. The molecule has 128 valence electrons. The first-order valence-corrected chi connectivity index (χ1v) is 8.11. The van der Waals surface area contributed by atoms with Crippen LogP contribution in [0.5, 0.6) is 0 Å². The topological polar surface area (TPSA) is 46.1 Å². The average molecular weight is 344 g/mol. The number of aliphatic imine (C=N–C) groups is 1. The number of halogens is 2. The maximum atomic E-state index is 13.9. The molecule has 1 unspecified atom stereocenters. The highest BCUT2D eigenvalue weighted by Crippen LogP contribution is 2.20. The Balaban J connectivity index is 2.03. The third-order valence-corrected chi connectivity index (χ3v) is 3.84. The predicted octanol–water partition coefficient (Wildman–Crippen LogP) is 2.29. The van der Waals surface area contributed by atoms with Gasteiger partial charge in [-0.25, -0.2) is 4.39 Å². The lowest BCUT2D eigenvalue weighted by molar-refractivity contribution is -0.0833. The van der Waals surface area contributed by atoms with E-state index in [9.17, 15) is 4.39 Å². The van der Waals surface area contributed by atoms with Crippen LogP contribution < -0.4 is 5.32 Å². The van der Waals surface area contributed by atoms with Crippen molar-refractivity contribution in [3.8, 4) is 0 Å². The normalized spacial score (nSPS) is 18.8. The quantitative estimate of drug-likeness (QED) is 0.658. The molecule has 0 aromatic heterocycles. The van der Waals surface area contributed by atoms with Crippen LogP contribution in [-0.4, -0.2) is 56.9 Å². The highest BCUT2D eigenvalue weighted by Gasteiger charge is 2.16. The fourth-order valence-electron chi connectivity index (χ4n) is 2.30. The Morgan fingerprint density at radius 2 is 2.30 bits per heavy atom. The van der Waals surface area contributed by atoms with E-state index in [4.69, 9.17) is 21.1 Å². The van der Waals surface area contributed by atoms with Crippen molar-refractivity contribution < 1.29 is 13.9 Å². The maximum absolute atomic E-state index is 13.9. The van der Waals surface area contributed by atoms with Crippen LogP contribution in [0.4, 0.5) is 4.39 Å². The molecule has 0 radical (unpaired) electrons. The number of nitrogens with one attached hydrogen (secondary N) is 1. The fraction of sp³-hybridized carbons (Fsp3) is 0.562. The molecule has 1 aromatic carbocycles. The molecule has 1 aliphatic heterocycles. The van der Waals surface area contributed by atoms with Crippen molar-refractivity contribution in [2.45, 2.75) is 19.6 Å². The fourth-order valence-corrected chi connectivity index (χ4v) is 2.52. The first kappa shape index (κ1) is 18.0. The summed E-state index contributed by atoms with van der Waals surface area (Å²) in [4.78, 5) is 6.40. The highest BCUT2D eigenvalue weighted by atomic mass is 35.5. The first-order valence-electron chi connectivity index (χ1n) is 7.73. The average Bonchev–Trinajstić information content (AvgIpc) is 2.56. The highest BCUT2D eigenvalue weighted by molar-refractivity contribution is 6.31. The van der Waals surface area contributed by atoms with Crippen molar-refractivity contribution in [1.29, 1.82) is 0 Å². The van der Waals surface area contributed by atoms with Gasteiger partial charge in [0.1, 0.15) is 11.9 Å². The van der Waals surface area contributed by atoms with Gasteiger partial charge in [0.15, 0.2) is 5.96 Å². The van der Waals surface area contributed by atoms with E-state index >= 15 is 0 Å². The van der Waals surface area contributed by atoms with Gasteiger partial charge in [-0.3, -0.25) is 4.99 Å². The molecule has 7 heteroatoms. The van der Waals surface area contributed by atoms with Crippen LogP contribution >= 0.6 is 11.6 Å². The van der Waals surface area contributed by atoms with Crippen LogP contribution in [0, 0.1) is 5.82 Å². The van der Waals surface area contributed by atoms with Crippen LogP contribution in [0.2, 0.25) is 5.02 Å². The zero-order valence-corrected chi connectivity index (χ0v) is 14.3. The number of nitrogens with zero attached hydrogens (tertiary/aromatic N) is 2. The molecule has 1 aromatic rings. The van der Waals surface area contributed by atoms with E-state index in [1.54, 1.807) is 12.1 Å². The Morgan fingerprint density at radius 3 is 2.96 bits per heavy atom. The van der Waals surface area contributed by atoms with Crippen LogP contribution in [0.15, 0.2) is 23.2 Å². The summed E-state index contributed by atoms with van der Waals surface area (Å²) in [5.41, 5.74) is 0.458. The molecule has 23 heavy (non-hydrogen) atoms. The molecule has 0 amide bonds. The molecule has 2 rings (SSSR count). The molecule has 0 spiro atoms. The smallest absolute Gasteiger partial charge is 0.194 e. The van der Waals surface area contributed by atoms with Gasteiger partial charge in [-0.2, -0.15) is 0 Å². The third kappa shape index (κ3) is 5.34. The van der Waals surface area contributed by atoms with Gasteiger partial charge in [0.25, 0.3) is 0 Å². The first-order chi connectivity index (χ1) is 11.1. The van der Waals surface area contributed by atoms with E-state index in [0.29, 0.717) is 49.5 Å². The second-order valence-corrected chi connectivity index (χ2v) is 5.73.